The summed E-state index contributed by atoms with van der Waals surface area (Å²) in [6, 6.07) is 8.16. The van der Waals surface area contributed by atoms with Gasteiger partial charge in [0.1, 0.15) is 0 Å². The first-order chi connectivity index (χ1) is 11.7. The normalized spacial score (nSPS) is 15.8. The molecule has 7 heteroatoms. The fourth-order valence-corrected chi connectivity index (χ4v) is 3.62. The maximum absolute atomic E-state index is 6.07. The second-order valence-electron chi connectivity index (χ2n) is 6.07. The quantitative estimate of drug-likeness (QED) is 0.269. The highest BCUT2D eigenvalue weighted by atomic mass is 127. The maximum atomic E-state index is 6.07. The molecule has 0 bridgehead atoms. The molecule has 0 amide bonds. The fourth-order valence-electron chi connectivity index (χ4n) is 2.92. The van der Waals surface area contributed by atoms with Crippen LogP contribution in [0.4, 0.5) is 0 Å². The number of benzene rings is 1. The molecule has 2 rings (SSSR count). The summed E-state index contributed by atoms with van der Waals surface area (Å²) in [4.78, 5) is 9.28. The smallest absolute Gasteiger partial charge is 0.193 e. The minimum absolute atomic E-state index is 0. The number of guanidine groups is 1. The van der Waals surface area contributed by atoms with E-state index in [2.05, 4.69) is 38.5 Å². The highest BCUT2D eigenvalue weighted by Crippen LogP contribution is 2.14. The van der Waals surface area contributed by atoms with Crippen molar-refractivity contribution < 1.29 is 0 Å². The van der Waals surface area contributed by atoms with Gasteiger partial charge in [-0.2, -0.15) is 11.8 Å². The molecule has 25 heavy (non-hydrogen) atoms. The largest absolute Gasteiger partial charge is 0.356 e. The Kier molecular flexibility index (Phi) is 11.9. The van der Waals surface area contributed by atoms with Crippen molar-refractivity contribution in [1.82, 2.24) is 15.1 Å². The average Bonchev–Trinajstić information content (AvgIpc) is 2.59. The molecule has 0 aromatic heterocycles. The lowest BCUT2D eigenvalue weighted by Gasteiger charge is -2.36. The third-order valence-corrected chi connectivity index (χ3v) is 5.17. The highest BCUT2D eigenvalue weighted by Gasteiger charge is 2.19. The second kappa shape index (κ2) is 13.1. The zero-order valence-corrected chi connectivity index (χ0v) is 19.1. The number of nitrogens with one attached hydrogen (secondary N) is 1. The summed E-state index contributed by atoms with van der Waals surface area (Å²) in [5.41, 5.74) is 1.28. The van der Waals surface area contributed by atoms with Crippen molar-refractivity contribution in [3.63, 3.8) is 0 Å². The summed E-state index contributed by atoms with van der Waals surface area (Å²) in [6.45, 7) is 6.13. The molecule has 0 spiro atoms. The molecule has 1 aliphatic heterocycles. The van der Waals surface area contributed by atoms with Crippen molar-refractivity contribution in [3.05, 3.63) is 34.9 Å². The van der Waals surface area contributed by atoms with Gasteiger partial charge < -0.3 is 10.2 Å². The Morgan fingerprint density at radius 2 is 2.00 bits per heavy atom. The van der Waals surface area contributed by atoms with Gasteiger partial charge in [0.05, 0.1) is 0 Å². The van der Waals surface area contributed by atoms with Gasteiger partial charge >= 0.3 is 0 Å². The molecule has 142 valence electrons. The van der Waals surface area contributed by atoms with E-state index in [0.717, 1.165) is 50.3 Å². The van der Waals surface area contributed by atoms with Crippen LogP contribution < -0.4 is 5.32 Å². The van der Waals surface area contributed by atoms with Gasteiger partial charge in [0, 0.05) is 51.3 Å². The van der Waals surface area contributed by atoms with Crippen LogP contribution in [-0.4, -0.2) is 67.5 Å². The summed E-state index contributed by atoms with van der Waals surface area (Å²) in [5.74, 6) is 2.28. The standard InChI is InChI=1S/C18H29ClN4S.HI/c1-20-18(21-8-3-4-13-24-2)23-11-9-22(10-12-23)15-16-6-5-7-17(19)14-16;/h5-7,14H,3-4,8-13,15H2,1-2H3,(H,20,21);1H. The van der Waals surface area contributed by atoms with E-state index in [4.69, 9.17) is 11.6 Å². The van der Waals surface area contributed by atoms with Crippen LogP contribution in [0.1, 0.15) is 18.4 Å². The van der Waals surface area contributed by atoms with Gasteiger partial charge in [-0.15, -0.1) is 24.0 Å². The van der Waals surface area contributed by atoms with Crippen molar-refractivity contribution in [3.8, 4) is 0 Å². The Hall–Kier alpha value is -0.180. The molecule has 1 aromatic rings. The summed E-state index contributed by atoms with van der Waals surface area (Å²) in [5, 5.41) is 4.32. The van der Waals surface area contributed by atoms with Crippen LogP contribution in [0.3, 0.4) is 0 Å². The van der Waals surface area contributed by atoms with Crippen molar-refractivity contribution in [2.24, 2.45) is 4.99 Å². The molecular weight excluding hydrogens is 467 g/mol. The lowest BCUT2D eigenvalue weighted by molar-refractivity contribution is 0.172. The maximum Gasteiger partial charge on any atom is 0.193 e. The minimum Gasteiger partial charge on any atom is -0.356 e. The molecule has 4 nitrogen and oxygen atoms in total. The van der Waals surface area contributed by atoms with Crippen LogP contribution in [-0.2, 0) is 6.54 Å². The molecule has 0 radical (unpaired) electrons. The van der Waals surface area contributed by atoms with E-state index in [1.54, 1.807) is 0 Å². The van der Waals surface area contributed by atoms with Crippen molar-refractivity contribution in [2.75, 3.05) is 51.8 Å². The van der Waals surface area contributed by atoms with Crippen LogP contribution in [0.5, 0.6) is 0 Å². The predicted molar refractivity (Wildman–Crippen MR) is 123 cm³/mol. The van der Waals surface area contributed by atoms with Crippen molar-refractivity contribution in [2.45, 2.75) is 19.4 Å². The third kappa shape index (κ3) is 8.37. The number of hydrogen-bond donors (Lipinski definition) is 1. The Morgan fingerprint density at radius 1 is 1.24 bits per heavy atom. The Morgan fingerprint density at radius 3 is 2.64 bits per heavy atom. The van der Waals surface area contributed by atoms with Gasteiger partial charge in [-0.25, -0.2) is 0 Å². The fraction of sp³-hybridized carbons (Fsp3) is 0.611. The van der Waals surface area contributed by atoms with Gasteiger partial charge in [-0.05, 0) is 42.5 Å². The number of piperazine rings is 1. The Balaban J connectivity index is 0.00000312. The van der Waals surface area contributed by atoms with Crippen LogP contribution >= 0.6 is 47.3 Å². The zero-order chi connectivity index (χ0) is 17.2. The molecule has 1 N–H and O–H groups in total. The number of halogens is 2. The van der Waals surface area contributed by atoms with Gasteiger partial charge in [0.25, 0.3) is 0 Å². The van der Waals surface area contributed by atoms with Gasteiger partial charge in [-0.1, -0.05) is 23.7 Å². The van der Waals surface area contributed by atoms with Crippen LogP contribution in [0.25, 0.3) is 0 Å². The van der Waals surface area contributed by atoms with E-state index in [0.29, 0.717) is 0 Å². The molecular formula is C18H30ClIN4S. The van der Waals surface area contributed by atoms with Crippen LogP contribution in [0.2, 0.25) is 5.02 Å². The molecule has 1 heterocycles. The summed E-state index contributed by atoms with van der Waals surface area (Å²) >= 11 is 7.99. The lowest BCUT2D eigenvalue weighted by Crippen LogP contribution is -2.52. The minimum atomic E-state index is 0. The van der Waals surface area contributed by atoms with E-state index >= 15 is 0 Å². The predicted octanol–water partition coefficient (Wildman–Crippen LogP) is 3.79. The number of aliphatic imine (C=N–C) groups is 1. The molecule has 1 aliphatic rings. The summed E-state index contributed by atoms with van der Waals surface area (Å²) in [6.07, 6.45) is 4.63. The first kappa shape index (κ1) is 22.9. The second-order valence-corrected chi connectivity index (χ2v) is 7.49. The first-order valence-corrected chi connectivity index (χ1v) is 10.4. The number of unbranched alkanes of at least 4 members (excludes halogenated alkanes) is 1. The first-order valence-electron chi connectivity index (χ1n) is 8.64. The van der Waals surface area contributed by atoms with Gasteiger partial charge in [0.15, 0.2) is 5.96 Å². The number of rotatable bonds is 7. The number of hydrogen-bond acceptors (Lipinski definition) is 3. The van der Waals surface area contributed by atoms with E-state index < -0.39 is 0 Å². The lowest BCUT2D eigenvalue weighted by atomic mass is 10.2. The van der Waals surface area contributed by atoms with Crippen LogP contribution in [0.15, 0.2) is 29.3 Å². The zero-order valence-electron chi connectivity index (χ0n) is 15.2. The Bertz CT molecular complexity index is 522. The summed E-state index contributed by atoms with van der Waals surface area (Å²) < 4.78 is 0. The van der Waals surface area contributed by atoms with Crippen molar-refractivity contribution in [1.29, 1.82) is 0 Å². The van der Waals surface area contributed by atoms with Gasteiger partial charge in [0.2, 0.25) is 0 Å². The van der Waals surface area contributed by atoms with E-state index in [-0.39, 0.29) is 24.0 Å². The average molecular weight is 497 g/mol. The molecule has 1 saturated heterocycles. The molecule has 1 aromatic carbocycles. The summed E-state index contributed by atoms with van der Waals surface area (Å²) in [7, 11) is 1.88. The highest BCUT2D eigenvalue weighted by molar-refractivity contribution is 14.0. The van der Waals surface area contributed by atoms with E-state index in [1.807, 2.05) is 30.9 Å². The van der Waals surface area contributed by atoms with Crippen LogP contribution in [0, 0.1) is 0 Å². The molecule has 0 unspecified atom stereocenters. The van der Waals surface area contributed by atoms with E-state index in [9.17, 15) is 0 Å². The molecule has 0 saturated carbocycles. The molecule has 0 aliphatic carbocycles. The number of nitrogens with zero attached hydrogens (tertiary/aromatic N) is 3. The van der Waals surface area contributed by atoms with Gasteiger partial charge in [-0.3, -0.25) is 9.89 Å². The third-order valence-electron chi connectivity index (χ3n) is 4.24. The monoisotopic (exact) mass is 496 g/mol. The van der Waals surface area contributed by atoms with Crippen molar-refractivity contribution >= 4 is 53.3 Å². The number of thioether (sulfide) groups is 1. The Labute approximate surface area is 178 Å². The molecule has 1 fully saturated rings. The SMILES string of the molecule is CN=C(NCCCCSC)N1CCN(Cc2cccc(Cl)c2)CC1.I. The molecule has 0 atom stereocenters. The van der Waals surface area contributed by atoms with E-state index in [1.165, 1.54) is 24.2 Å². The topological polar surface area (TPSA) is 30.9 Å².